The lowest BCUT2D eigenvalue weighted by Gasteiger charge is -2.20. The molecule has 2 fully saturated rings. The zero-order chi connectivity index (χ0) is 20.1. The molecule has 2 aliphatic carbocycles. The third-order valence-corrected chi connectivity index (χ3v) is 7.02. The van der Waals surface area contributed by atoms with Crippen LogP contribution in [0.2, 0.25) is 0 Å². The number of epoxide rings is 1. The van der Waals surface area contributed by atoms with Gasteiger partial charge in [0.05, 0.1) is 6.61 Å². The van der Waals surface area contributed by atoms with Crippen molar-refractivity contribution in [2.45, 2.75) is 45.1 Å². The van der Waals surface area contributed by atoms with Gasteiger partial charge in [-0.2, -0.15) is 0 Å². The molecule has 1 heterocycles. The lowest BCUT2D eigenvalue weighted by atomic mass is 9.85. The van der Waals surface area contributed by atoms with Crippen molar-refractivity contribution in [3.63, 3.8) is 0 Å². The average Bonchev–Trinajstić information content (AvgIpc) is 3.34. The van der Waals surface area contributed by atoms with Gasteiger partial charge in [-0.15, -0.1) is 0 Å². The average molecular weight is 398 g/mol. The molecule has 0 amide bonds. The van der Waals surface area contributed by atoms with E-state index in [0.717, 1.165) is 24.3 Å². The van der Waals surface area contributed by atoms with Gasteiger partial charge < -0.3 is 4.74 Å². The Hall–Kier alpha value is -2.07. The molecule has 4 unspecified atom stereocenters. The van der Waals surface area contributed by atoms with Gasteiger partial charge in [-0.1, -0.05) is 50.1 Å². The predicted octanol–water partition coefficient (Wildman–Crippen LogP) is 7.07. The van der Waals surface area contributed by atoms with Crippen molar-refractivity contribution in [2.75, 3.05) is 6.61 Å². The molecule has 1 nitrogen and oxygen atoms in total. The first kappa shape index (κ1) is 18.9. The third-order valence-electron chi connectivity index (χ3n) is 7.02. The highest BCUT2D eigenvalue weighted by atomic mass is 19.2. The summed E-state index contributed by atoms with van der Waals surface area (Å²) in [5.74, 6) is -0.511. The molecule has 4 atom stereocenters. The van der Waals surface area contributed by atoms with E-state index in [1.54, 1.807) is 6.07 Å². The first-order chi connectivity index (χ1) is 14.1. The molecule has 1 saturated carbocycles. The minimum atomic E-state index is -1.01. The first-order valence-corrected chi connectivity index (χ1v) is 10.7. The van der Waals surface area contributed by atoms with E-state index in [2.05, 4.69) is 13.0 Å². The molecule has 0 radical (unpaired) electrons. The van der Waals surface area contributed by atoms with Gasteiger partial charge in [0, 0.05) is 16.7 Å². The number of ether oxygens (including phenoxy) is 1. The molecule has 152 valence electrons. The van der Waals surface area contributed by atoms with Crippen LogP contribution in [0, 0.1) is 35.2 Å². The van der Waals surface area contributed by atoms with E-state index < -0.39 is 17.5 Å². The quantitative estimate of drug-likeness (QED) is 0.491. The molecule has 5 rings (SSSR count). The maximum absolute atomic E-state index is 15.0. The second-order valence-electron chi connectivity index (χ2n) is 8.64. The first-order valence-electron chi connectivity index (χ1n) is 10.7. The number of hydrogen-bond donors (Lipinski definition) is 0. The van der Waals surface area contributed by atoms with Crippen molar-refractivity contribution in [1.82, 2.24) is 0 Å². The highest BCUT2D eigenvalue weighted by molar-refractivity contribution is 5.74. The van der Waals surface area contributed by atoms with Gasteiger partial charge in [-0.05, 0) is 54.2 Å². The maximum Gasteiger partial charge on any atom is 0.167 e. The number of halogens is 3. The van der Waals surface area contributed by atoms with Gasteiger partial charge in [0.15, 0.2) is 11.6 Å². The van der Waals surface area contributed by atoms with Crippen molar-refractivity contribution in [3.05, 3.63) is 65.0 Å². The zero-order valence-electron chi connectivity index (χ0n) is 16.6. The van der Waals surface area contributed by atoms with Crippen LogP contribution in [0.1, 0.15) is 56.3 Å². The molecule has 2 aromatic rings. The van der Waals surface area contributed by atoms with E-state index in [1.807, 2.05) is 6.07 Å². The van der Waals surface area contributed by atoms with E-state index >= 15 is 0 Å². The Morgan fingerprint density at radius 3 is 2.52 bits per heavy atom. The van der Waals surface area contributed by atoms with Crippen molar-refractivity contribution < 1.29 is 17.9 Å². The van der Waals surface area contributed by atoms with Crippen LogP contribution < -0.4 is 0 Å². The molecule has 2 aromatic carbocycles. The van der Waals surface area contributed by atoms with Crippen molar-refractivity contribution in [2.24, 2.45) is 17.8 Å². The smallest absolute Gasteiger partial charge is 0.167 e. The summed E-state index contributed by atoms with van der Waals surface area (Å²) in [4.78, 5) is 0. The van der Waals surface area contributed by atoms with Crippen molar-refractivity contribution in [3.8, 4) is 11.1 Å². The highest BCUT2D eigenvalue weighted by Crippen LogP contribution is 2.52. The molecule has 0 spiro atoms. The van der Waals surface area contributed by atoms with E-state index in [1.165, 1.54) is 43.0 Å². The second kappa shape index (κ2) is 7.32. The number of allylic oxidation sites excluding steroid dienone is 2. The molecule has 29 heavy (non-hydrogen) atoms. The Morgan fingerprint density at radius 1 is 1.00 bits per heavy atom. The van der Waals surface area contributed by atoms with Crippen LogP contribution >= 0.6 is 0 Å². The fraction of sp³-hybridized carbons (Fsp3) is 0.440. The van der Waals surface area contributed by atoms with Gasteiger partial charge in [-0.3, -0.25) is 0 Å². The molecule has 1 saturated heterocycles. The van der Waals surface area contributed by atoms with Gasteiger partial charge in [0.1, 0.15) is 11.9 Å². The molecular formula is C25H25F3O. The van der Waals surface area contributed by atoms with E-state index in [0.29, 0.717) is 18.4 Å². The normalized spacial score (nSPS) is 27.8. The monoisotopic (exact) mass is 398 g/mol. The van der Waals surface area contributed by atoms with E-state index in [-0.39, 0.29) is 22.8 Å². The highest BCUT2D eigenvalue weighted by Gasteiger charge is 2.40. The van der Waals surface area contributed by atoms with Gasteiger partial charge in [0.25, 0.3) is 0 Å². The number of fused-ring (bicyclic) bond motifs is 1. The van der Waals surface area contributed by atoms with Crippen LogP contribution in [-0.2, 0) is 4.74 Å². The topological polar surface area (TPSA) is 12.5 Å². The lowest BCUT2D eigenvalue weighted by Crippen LogP contribution is -2.11. The Balaban J connectivity index is 1.43. The third kappa shape index (κ3) is 3.22. The van der Waals surface area contributed by atoms with Crippen LogP contribution in [0.5, 0.6) is 0 Å². The minimum Gasteiger partial charge on any atom is -0.368 e. The molecule has 3 aliphatic rings. The van der Waals surface area contributed by atoms with E-state index in [4.69, 9.17) is 4.74 Å². The SMILES string of the molecule is CCCC1CCC2C(c3ccc(-c4ccc(C5CO5)c(F)c4F)c(F)c3)=CCC12. The number of benzene rings is 2. The van der Waals surface area contributed by atoms with E-state index in [9.17, 15) is 13.2 Å². The fourth-order valence-corrected chi connectivity index (χ4v) is 5.53. The van der Waals surface area contributed by atoms with Crippen LogP contribution in [0.4, 0.5) is 13.2 Å². The summed E-state index contributed by atoms with van der Waals surface area (Å²) in [7, 11) is 0. The standard InChI is InChI=1S/C25H25F3O/c1-2-3-14-4-6-18-16(14)8-9-17(18)15-5-7-19(22(26)12-15)20-10-11-21(23-13-29-23)25(28)24(20)27/h5,7,9-12,14,16,18,23H,2-4,6,8,13H2,1H3. The number of hydrogen-bond acceptors (Lipinski definition) is 1. The Morgan fingerprint density at radius 2 is 1.79 bits per heavy atom. The Labute approximate surface area is 169 Å². The molecular weight excluding hydrogens is 373 g/mol. The van der Waals surface area contributed by atoms with Crippen LogP contribution in [0.15, 0.2) is 36.4 Å². The minimum absolute atomic E-state index is 0.0434. The van der Waals surface area contributed by atoms with Gasteiger partial charge in [-0.25, -0.2) is 13.2 Å². The predicted molar refractivity (Wildman–Crippen MR) is 108 cm³/mol. The molecule has 0 N–H and O–H groups in total. The van der Waals surface area contributed by atoms with Gasteiger partial charge in [0.2, 0.25) is 0 Å². The van der Waals surface area contributed by atoms with Crippen LogP contribution in [-0.4, -0.2) is 6.61 Å². The molecule has 4 heteroatoms. The summed E-state index contributed by atoms with van der Waals surface area (Å²) in [6.45, 7) is 2.63. The summed E-state index contributed by atoms with van der Waals surface area (Å²) in [6.07, 6.45) is 7.84. The molecule has 0 aromatic heterocycles. The fourth-order valence-electron chi connectivity index (χ4n) is 5.53. The van der Waals surface area contributed by atoms with Gasteiger partial charge >= 0.3 is 0 Å². The van der Waals surface area contributed by atoms with Crippen LogP contribution in [0.3, 0.4) is 0 Å². The van der Waals surface area contributed by atoms with Crippen LogP contribution in [0.25, 0.3) is 16.7 Å². The molecule has 1 aliphatic heterocycles. The molecule has 0 bridgehead atoms. The van der Waals surface area contributed by atoms with Crippen molar-refractivity contribution in [1.29, 1.82) is 0 Å². The summed E-state index contributed by atoms with van der Waals surface area (Å²) in [5.41, 5.74) is 2.36. The van der Waals surface area contributed by atoms with Crippen molar-refractivity contribution >= 4 is 5.57 Å². The Kier molecular flexibility index (Phi) is 4.78. The summed E-state index contributed by atoms with van der Waals surface area (Å²) < 4.78 is 49.0. The largest absolute Gasteiger partial charge is 0.368 e. The summed E-state index contributed by atoms with van der Waals surface area (Å²) in [6, 6.07) is 7.88. The lowest BCUT2D eigenvalue weighted by molar-refractivity contribution is 0.347. The number of rotatable bonds is 5. The summed E-state index contributed by atoms with van der Waals surface area (Å²) >= 11 is 0. The second-order valence-corrected chi connectivity index (χ2v) is 8.64. The maximum atomic E-state index is 15.0. The zero-order valence-corrected chi connectivity index (χ0v) is 16.6. The Bertz CT molecular complexity index is 976. The summed E-state index contributed by atoms with van der Waals surface area (Å²) in [5, 5.41) is 0.